The summed E-state index contributed by atoms with van der Waals surface area (Å²) in [6.45, 7) is 27.7. The van der Waals surface area contributed by atoms with Crippen LogP contribution in [-0.2, 0) is 22.6 Å². The lowest BCUT2D eigenvalue weighted by molar-refractivity contribution is -0.870. The predicted molar refractivity (Wildman–Crippen MR) is 375 cm³/mol. The van der Waals surface area contributed by atoms with Crippen LogP contribution in [0.4, 0.5) is 15.8 Å². The predicted octanol–water partition coefficient (Wildman–Crippen LogP) is 17.4. The van der Waals surface area contributed by atoms with E-state index in [0.29, 0.717) is 17.8 Å². The zero-order chi connectivity index (χ0) is 62.9. The molecule has 5 aromatic carbocycles. The van der Waals surface area contributed by atoms with Gasteiger partial charge in [-0.05, 0) is 172 Å². The van der Waals surface area contributed by atoms with E-state index in [9.17, 15) is 9.65 Å². The number of allylic oxidation sites excluding steroid dienone is 2. The minimum absolute atomic E-state index is 0. The topological polar surface area (TPSA) is 158 Å². The second-order valence-corrected chi connectivity index (χ2v) is 23.3. The minimum Gasteiger partial charge on any atom is -0.490 e. The molecular formula is C71H106FIN8O4P+. The molecule has 2 aliphatic rings. The van der Waals surface area contributed by atoms with Crippen LogP contribution in [0.2, 0.25) is 0 Å². The molecular weight excluding hydrogens is 1210 g/mol. The third kappa shape index (κ3) is 25.1. The number of para-hydroxylation sites is 2. The van der Waals surface area contributed by atoms with E-state index in [1.165, 1.54) is 24.2 Å². The number of nitrogen functional groups attached to an aromatic ring is 2. The van der Waals surface area contributed by atoms with Gasteiger partial charge in [-0.25, -0.2) is 4.39 Å². The van der Waals surface area contributed by atoms with E-state index in [-0.39, 0.29) is 31.4 Å². The number of fused-ring (bicyclic) bond motifs is 1. The zero-order valence-electron chi connectivity index (χ0n) is 53.7. The van der Waals surface area contributed by atoms with Crippen molar-refractivity contribution in [1.29, 1.82) is 5.26 Å². The number of nitrogens with zero attached hydrogens (tertiary/aromatic N) is 5. The van der Waals surface area contributed by atoms with Crippen LogP contribution in [0.1, 0.15) is 152 Å². The molecule has 6 aromatic rings. The fourth-order valence-corrected chi connectivity index (χ4v) is 10.8. The number of nitrogens with two attached hydrogens (primary N) is 3. The fourth-order valence-electron chi connectivity index (χ4n) is 9.79. The molecule has 0 aliphatic carbocycles. The van der Waals surface area contributed by atoms with Gasteiger partial charge in [0.1, 0.15) is 53.6 Å². The normalized spacial score (nSPS) is 14.4. The summed E-state index contributed by atoms with van der Waals surface area (Å²) >= 11 is 2.22. The Morgan fingerprint density at radius 1 is 0.733 bits per heavy atom. The summed E-state index contributed by atoms with van der Waals surface area (Å²) in [5, 5.41) is 10.3. The molecule has 0 bridgehead atoms. The molecule has 2 saturated heterocycles. The number of piperidine rings is 2. The van der Waals surface area contributed by atoms with Crippen molar-refractivity contribution in [1.82, 2.24) is 14.8 Å². The quantitative estimate of drug-likeness (QED) is 0.0220. The van der Waals surface area contributed by atoms with E-state index in [2.05, 4.69) is 127 Å². The number of halogens is 2. The number of rotatable bonds is 20. The second-order valence-electron chi connectivity index (χ2n) is 21.6. The SMILES string of the molecule is C.CC.CC.CC/C=C(/OC(CC)CC[N+](C)(C)C)c1cccc(C)c1N.CC/C=C(/OC1CCN(Cc2ccccc2C)CC1)c1cccc(F)c1N.CN.Cc1cc(OC2CCN(Cc3ccccc3C#N)CC2)c2cc(OPI)ccc2n1. The Balaban J connectivity index is 0.000000423. The minimum atomic E-state index is -0.397. The Kier molecular flexibility index (Phi) is 36.7. The van der Waals surface area contributed by atoms with E-state index in [1.807, 2.05) is 121 Å². The molecule has 0 amide bonds. The molecule has 1 aromatic heterocycles. The van der Waals surface area contributed by atoms with Crippen LogP contribution in [0.3, 0.4) is 0 Å². The first-order valence-corrected chi connectivity index (χ1v) is 34.6. The molecule has 2 fully saturated rings. The molecule has 12 nitrogen and oxygen atoms in total. The Morgan fingerprint density at radius 2 is 1.28 bits per heavy atom. The van der Waals surface area contributed by atoms with Crippen molar-refractivity contribution in [2.75, 3.05) is 72.4 Å². The van der Waals surface area contributed by atoms with Crippen LogP contribution in [0, 0.1) is 37.9 Å². The van der Waals surface area contributed by atoms with Gasteiger partial charge in [0, 0.05) is 79.7 Å². The molecule has 8 rings (SSSR count). The molecule has 6 N–H and O–H groups in total. The first-order chi connectivity index (χ1) is 41.0. The molecule has 0 radical (unpaired) electrons. The van der Waals surface area contributed by atoms with Crippen LogP contribution < -0.4 is 26.5 Å². The summed E-state index contributed by atoms with van der Waals surface area (Å²) in [7, 11) is 8.15. The van der Waals surface area contributed by atoms with E-state index >= 15 is 0 Å². The standard InChI is InChI=1S/C23H29FN2O.C23H23IN3O2P.C19H33N2O.2C2H6.CH5N.CH4/c1-3-7-22(20-10-6-11-21(24)23(20)25)27-19-12-14-26(15-13-19)16-18-9-5-4-8-17(18)2;1-16-12-23(21-13-20(29-30-24)6-7-22(21)26-16)28-19-8-10-27(11-9-19)15-18-5-3-2-4-17(18)14-25;1-7-10-18(17-12-9-11-15(3)19(17)20)22-16(8-2)13-14-21(4,5)6;3*1-2;/h4-11,19H,3,12-16,25H2,1-2H3;2-7,12-13,19,30H,8-11,15H2,1H3;9-12,16H,7-8,13-14,20H2,1-6H3;2*1-2H3;2H2,1H3;1H4/q;;+1;;;;/b22-7+;;18-10+;;;;. The first-order valence-electron chi connectivity index (χ1n) is 30.6. The molecule has 3 heterocycles. The fraction of sp³-hybridized carbons (Fsp3) is 0.465. The van der Waals surface area contributed by atoms with Gasteiger partial charge in [0.15, 0.2) is 0 Å². The van der Waals surface area contributed by atoms with E-state index in [0.717, 1.165) is 163 Å². The average molecular weight is 1310 g/mol. The summed E-state index contributed by atoms with van der Waals surface area (Å²) in [5.74, 6) is 2.96. The maximum atomic E-state index is 13.8. The van der Waals surface area contributed by atoms with Crippen molar-refractivity contribution in [2.45, 2.75) is 159 Å². The number of aryl methyl sites for hydroxylation is 3. The summed E-state index contributed by atoms with van der Waals surface area (Å²) < 4.78 is 39.5. The first kappa shape index (κ1) is 76.3. The molecule has 0 spiro atoms. The summed E-state index contributed by atoms with van der Waals surface area (Å²) in [4.78, 5) is 9.51. The maximum absolute atomic E-state index is 13.8. The zero-order valence-corrected chi connectivity index (χ0v) is 56.9. The van der Waals surface area contributed by atoms with Crippen molar-refractivity contribution in [3.8, 4) is 17.6 Å². The smallest absolute Gasteiger partial charge is 0.146 e. The van der Waals surface area contributed by atoms with Crippen molar-refractivity contribution < 1.29 is 27.6 Å². The van der Waals surface area contributed by atoms with E-state index in [4.69, 9.17) is 30.2 Å². The summed E-state index contributed by atoms with van der Waals surface area (Å²) in [6.07, 6.45) is 12.3. The third-order valence-electron chi connectivity index (χ3n) is 14.4. The van der Waals surface area contributed by atoms with Gasteiger partial charge in [-0.1, -0.05) is 117 Å². The van der Waals surface area contributed by atoms with Crippen LogP contribution in [0.5, 0.6) is 11.5 Å². The van der Waals surface area contributed by atoms with Crippen molar-refractivity contribution >= 4 is 62.3 Å². The summed E-state index contributed by atoms with van der Waals surface area (Å²) in [5.41, 5.74) is 26.9. The van der Waals surface area contributed by atoms with Gasteiger partial charge in [-0.15, -0.1) is 0 Å². The number of pyridine rings is 1. The molecule has 2 atom stereocenters. The Labute approximate surface area is 533 Å². The number of likely N-dealkylation sites (tertiary alicyclic amines) is 2. The highest BCUT2D eigenvalue weighted by molar-refractivity contribution is 14.2. The van der Waals surface area contributed by atoms with Gasteiger partial charge < -0.3 is 40.4 Å². The number of hydrogen-bond donors (Lipinski definition) is 3. The molecule has 86 heavy (non-hydrogen) atoms. The van der Waals surface area contributed by atoms with Gasteiger partial charge in [-0.3, -0.25) is 14.8 Å². The Bertz CT molecular complexity index is 3000. The van der Waals surface area contributed by atoms with Crippen molar-refractivity contribution in [3.63, 3.8) is 0 Å². The van der Waals surface area contributed by atoms with Gasteiger partial charge in [0.2, 0.25) is 0 Å². The Hall–Kier alpha value is -5.79. The number of ether oxygens (including phenoxy) is 3. The van der Waals surface area contributed by atoms with E-state index in [1.54, 1.807) is 6.07 Å². The van der Waals surface area contributed by atoms with E-state index < -0.39 is 5.82 Å². The lowest BCUT2D eigenvalue weighted by Gasteiger charge is -2.33. The number of benzene rings is 5. The molecule has 2 unspecified atom stereocenters. The van der Waals surface area contributed by atoms with Gasteiger partial charge in [-0.2, -0.15) is 5.26 Å². The van der Waals surface area contributed by atoms with Gasteiger partial charge in [0.05, 0.1) is 50.5 Å². The van der Waals surface area contributed by atoms with Gasteiger partial charge in [0.25, 0.3) is 0 Å². The lowest BCUT2D eigenvalue weighted by atomic mass is 10.0. The molecule has 2 aliphatic heterocycles. The van der Waals surface area contributed by atoms with Crippen LogP contribution in [0.15, 0.2) is 121 Å². The van der Waals surface area contributed by atoms with Crippen molar-refractivity contribution in [3.05, 3.63) is 172 Å². The highest BCUT2D eigenvalue weighted by Gasteiger charge is 2.25. The average Bonchev–Trinajstić information content (AvgIpc) is 1.94. The van der Waals surface area contributed by atoms with Crippen LogP contribution in [-0.4, -0.2) is 98.5 Å². The highest BCUT2D eigenvalue weighted by atomic mass is 127. The van der Waals surface area contributed by atoms with Crippen LogP contribution >= 0.6 is 28.5 Å². The number of nitriles is 1. The summed E-state index contributed by atoms with van der Waals surface area (Å²) in [6, 6.07) is 37.7. The Morgan fingerprint density at radius 3 is 1.86 bits per heavy atom. The third-order valence-corrected chi connectivity index (χ3v) is 15.4. The van der Waals surface area contributed by atoms with Crippen LogP contribution in [0.25, 0.3) is 22.4 Å². The molecule has 472 valence electrons. The number of aromatic nitrogens is 1. The number of quaternary nitrogens is 1. The van der Waals surface area contributed by atoms with Gasteiger partial charge >= 0.3 is 0 Å². The lowest BCUT2D eigenvalue weighted by Crippen LogP contribution is -2.38. The number of anilines is 2. The molecule has 15 heteroatoms. The maximum Gasteiger partial charge on any atom is 0.146 e. The monoisotopic (exact) mass is 1310 g/mol. The molecule has 0 saturated carbocycles. The van der Waals surface area contributed by atoms with Crippen molar-refractivity contribution in [2.24, 2.45) is 5.73 Å². The largest absolute Gasteiger partial charge is 0.490 e. The second kappa shape index (κ2) is 41.4. The number of hydrogen-bond acceptors (Lipinski definition) is 11. The highest BCUT2D eigenvalue weighted by Crippen LogP contribution is 2.35.